The third kappa shape index (κ3) is 5.35. The summed E-state index contributed by atoms with van der Waals surface area (Å²) in [6, 6.07) is 0.533. The second kappa shape index (κ2) is 10.3. The third-order valence-corrected chi connectivity index (χ3v) is 7.91. The zero-order chi connectivity index (χ0) is 21.0. The van der Waals surface area contributed by atoms with Crippen LogP contribution in [-0.4, -0.2) is 51.5 Å². The number of hydrogen-bond acceptors (Lipinski definition) is 5. The molecule has 29 heavy (non-hydrogen) atoms. The molecule has 1 amide bonds. The molecule has 2 aliphatic rings. The first kappa shape index (κ1) is 22.6. The van der Waals surface area contributed by atoms with E-state index in [0.717, 1.165) is 48.6 Å². The van der Waals surface area contributed by atoms with Gasteiger partial charge in [0, 0.05) is 12.6 Å². The highest BCUT2D eigenvalue weighted by Gasteiger charge is 2.42. The Hall–Kier alpha value is -1.08. The maximum Gasteiger partial charge on any atom is 0.230 e. The van der Waals surface area contributed by atoms with Gasteiger partial charge in [-0.25, -0.2) is 0 Å². The monoisotopic (exact) mass is 421 g/mol. The van der Waals surface area contributed by atoms with E-state index in [1.807, 2.05) is 0 Å². The first-order valence-corrected chi connectivity index (χ1v) is 12.4. The Morgan fingerprint density at radius 3 is 2.66 bits per heavy atom. The van der Waals surface area contributed by atoms with Crippen molar-refractivity contribution in [3.05, 3.63) is 5.82 Å². The summed E-state index contributed by atoms with van der Waals surface area (Å²) in [5.41, 5.74) is 0. The normalized spacial score (nSPS) is 25.5. The number of thioether (sulfide) groups is 1. The first-order chi connectivity index (χ1) is 13.9. The Balaban J connectivity index is 1.58. The van der Waals surface area contributed by atoms with E-state index in [1.165, 1.54) is 37.4 Å². The predicted molar refractivity (Wildman–Crippen MR) is 119 cm³/mol. The fourth-order valence-corrected chi connectivity index (χ4v) is 6.18. The summed E-state index contributed by atoms with van der Waals surface area (Å²) in [5.74, 6) is 3.97. The van der Waals surface area contributed by atoms with Crippen LogP contribution in [0.15, 0.2) is 5.16 Å². The van der Waals surface area contributed by atoms with Gasteiger partial charge in [-0.2, -0.15) is 0 Å². The molecule has 0 unspecified atom stereocenters. The van der Waals surface area contributed by atoms with E-state index in [-0.39, 0.29) is 18.0 Å². The lowest BCUT2D eigenvalue weighted by molar-refractivity contribution is -0.119. The molecule has 2 saturated carbocycles. The van der Waals surface area contributed by atoms with Crippen LogP contribution in [0.4, 0.5) is 0 Å². The zero-order valence-electron chi connectivity index (χ0n) is 18.9. The van der Waals surface area contributed by atoms with Gasteiger partial charge < -0.3 is 9.88 Å². The fourth-order valence-electron chi connectivity index (χ4n) is 5.40. The van der Waals surface area contributed by atoms with E-state index in [2.05, 4.69) is 59.8 Å². The van der Waals surface area contributed by atoms with Gasteiger partial charge in [-0.15, -0.1) is 10.2 Å². The molecule has 0 aliphatic heterocycles. The molecule has 164 valence electrons. The van der Waals surface area contributed by atoms with E-state index in [9.17, 15) is 4.79 Å². The second-order valence-electron chi connectivity index (χ2n) is 9.22. The molecule has 1 N–H and O–H groups in total. The average molecular weight is 422 g/mol. The van der Waals surface area contributed by atoms with E-state index >= 15 is 0 Å². The molecule has 0 saturated heterocycles. The van der Waals surface area contributed by atoms with Crippen molar-refractivity contribution in [3.8, 4) is 0 Å². The molecule has 1 aromatic heterocycles. The van der Waals surface area contributed by atoms with Crippen molar-refractivity contribution >= 4 is 17.7 Å². The molecule has 5 atom stereocenters. The van der Waals surface area contributed by atoms with E-state index in [0.29, 0.717) is 11.7 Å². The van der Waals surface area contributed by atoms with Gasteiger partial charge in [0.05, 0.1) is 11.8 Å². The number of carbonyl (C=O) groups is 1. The Morgan fingerprint density at radius 1 is 1.28 bits per heavy atom. The summed E-state index contributed by atoms with van der Waals surface area (Å²) >= 11 is 1.52. The Kier molecular flexibility index (Phi) is 8.02. The summed E-state index contributed by atoms with van der Waals surface area (Å²) in [6.45, 7) is 7.48. The number of fused-ring (bicyclic) bond motifs is 2. The number of rotatable bonds is 11. The van der Waals surface area contributed by atoms with E-state index in [4.69, 9.17) is 0 Å². The second-order valence-corrected chi connectivity index (χ2v) is 10.2. The molecule has 2 aliphatic carbocycles. The number of hydrogen-bond donors (Lipinski definition) is 1. The molecule has 2 bridgehead atoms. The molecular formula is C22H39N5OS. The van der Waals surface area contributed by atoms with Gasteiger partial charge >= 0.3 is 0 Å². The third-order valence-electron chi connectivity index (χ3n) is 6.94. The van der Waals surface area contributed by atoms with Crippen LogP contribution in [0.3, 0.4) is 0 Å². The summed E-state index contributed by atoms with van der Waals surface area (Å²) < 4.78 is 2.23. The molecule has 2 fully saturated rings. The van der Waals surface area contributed by atoms with Gasteiger partial charge in [0.25, 0.3) is 0 Å². The SMILES string of the molecule is CCCCn1c(SCC(=O)N[C@H](C)[C@H]2C[C@H]3CC[C@H]2C3)nnc1[C@@H](CC)N(C)C. The van der Waals surface area contributed by atoms with Crippen molar-refractivity contribution in [1.82, 2.24) is 25.0 Å². The van der Waals surface area contributed by atoms with Crippen molar-refractivity contribution < 1.29 is 4.79 Å². The van der Waals surface area contributed by atoms with Crippen molar-refractivity contribution in [2.45, 2.75) is 89.5 Å². The van der Waals surface area contributed by atoms with Crippen molar-refractivity contribution in [3.63, 3.8) is 0 Å². The summed E-state index contributed by atoms with van der Waals surface area (Å²) in [4.78, 5) is 14.8. The lowest BCUT2D eigenvalue weighted by Crippen LogP contribution is -2.41. The largest absolute Gasteiger partial charge is 0.353 e. The van der Waals surface area contributed by atoms with Gasteiger partial charge in [-0.05, 0) is 70.9 Å². The minimum Gasteiger partial charge on any atom is -0.353 e. The van der Waals surface area contributed by atoms with Gasteiger partial charge in [-0.1, -0.05) is 38.5 Å². The summed E-state index contributed by atoms with van der Waals surface area (Å²) in [7, 11) is 4.18. The van der Waals surface area contributed by atoms with Crippen LogP contribution in [0.1, 0.15) is 77.6 Å². The van der Waals surface area contributed by atoms with Crippen LogP contribution in [0.5, 0.6) is 0 Å². The zero-order valence-corrected chi connectivity index (χ0v) is 19.7. The fraction of sp³-hybridized carbons (Fsp3) is 0.864. The maximum absolute atomic E-state index is 12.6. The molecule has 0 aromatic carbocycles. The summed E-state index contributed by atoms with van der Waals surface area (Å²) in [6.07, 6.45) is 8.66. The summed E-state index contributed by atoms with van der Waals surface area (Å²) in [5, 5.41) is 13.1. The number of unbranched alkanes of at least 4 members (excludes halogenated alkanes) is 1. The topological polar surface area (TPSA) is 63.1 Å². The average Bonchev–Trinajstić information content (AvgIpc) is 3.41. The molecular weight excluding hydrogens is 382 g/mol. The minimum atomic E-state index is 0.122. The number of amides is 1. The first-order valence-electron chi connectivity index (χ1n) is 11.5. The Bertz CT molecular complexity index is 676. The van der Waals surface area contributed by atoms with Gasteiger partial charge in [-0.3, -0.25) is 9.69 Å². The molecule has 0 radical (unpaired) electrons. The van der Waals surface area contributed by atoms with Crippen molar-refractivity contribution in [2.75, 3.05) is 19.8 Å². The van der Waals surface area contributed by atoms with Crippen molar-refractivity contribution in [1.29, 1.82) is 0 Å². The molecule has 6 nitrogen and oxygen atoms in total. The van der Waals surface area contributed by atoms with Gasteiger partial charge in [0.15, 0.2) is 11.0 Å². The molecule has 7 heteroatoms. The van der Waals surface area contributed by atoms with Crippen molar-refractivity contribution in [2.24, 2.45) is 17.8 Å². The van der Waals surface area contributed by atoms with Crippen LogP contribution in [0, 0.1) is 17.8 Å². The van der Waals surface area contributed by atoms with Crippen LogP contribution >= 0.6 is 11.8 Å². The number of nitrogens with one attached hydrogen (secondary N) is 1. The number of carbonyl (C=O) groups excluding carboxylic acids is 1. The Labute approximate surface area is 180 Å². The van der Waals surface area contributed by atoms with Gasteiger partial charge in [0.2, 0.25) is 5.91 Å². The maximum atomic E-state index is 12.6. The molecule has 1 heterocycles. The van der Waals surface area contributed by atoms with Gasteiger partial charge in [0.1, 0.15) is 0 Å². The van der Waals surface area contributed by atoms with Crippen LogP contribution in [0.25, 0.3) is 0 Å². The number of aromatic nitrogens is 3. The predicted octanol–water partition coefficient (Wildman–Crippen LogP) is 4.12. The molecule has 1 aromatic rings. The molecule has 0 spiro atoms. The minimum absolute atomic E-state index is 0.122. The number of nitrogens with zero attached hydrogens (tertiary/aromatic N) is 4. The smallest absolute Gasteiger partial charge is 0.230 e. The van der Waals surface area contributed by atoms with Crippen LogP contribution < -0.4 is 5.32 Å². The lowest BCUT2D eigenvalue weighted by atomic mass is 9.84. The van der Waals surface area contributed by atoms with Crippen LogP contribution in [-0.2, 0) is 11.3 Å². The van der Waals surface area contributed by atoms with Crippen LogP contribution in [0.2, 0.25) is 0 Å². The quantitative estimate of drug-likeness (QED) is 0.545. The van der Waals surface area contributed by atoms with E-state index < -0.39 is 0 Å². The molecule has 3 rings (SSSR count). The highest BCUT2D eigenvalue weighted by molar-refractivity contribution is 7.99. The highest BCUT2D eigenvalue weighted by atomic mass is 32.2. The Morgan fingerprint density at radius 2 is 2.07 bits per heavy atom. The highest BCUT2D eigenvalue weighted by Crippen LogP contribution is 2.49. The standard InChI is InChI=1S/C22H39N5OS/c1-6-8-11-27-21(19(7-2)26(4)5)24-25-22(27)29-14-20(28)23-15(3)18-13-16-9-10-17(18)12-16/h15-19H,6-14H2,1-5H3,(H,23,28)/t15-,16+,17+,18-,19-/m1/s1. The lowest BCUT2D eigenvalue weighted by Gasteiger charge is -2.28. The van der Waals surface area contributed by atoms with E-state index in [1.54, 1.807) is 0 Å².